The Bertz CT molecular complexity index is 309. The Labute approximate surface area is 99.4 Å². The largest absolute Gasteiger partial charge is 0.465 e. The van der Waals surface area contributed by atoms with E-state index in [4.69, 9.17) is 4.42 Å². The maximum atomic E-state index is 5.64. The van der Waals surface area contributed by atoms with E-state index < -0.39 is 0 Å². The Morgan fingerprint density at radius 1 is 1.25 bits per heavy atom. The minimum absolute atomic E-state index is 0.366. The van der Waals surface area contributed by atoms with Crippen molar-refractivity contribution in [3.8, 4) is 0 Å². The van der Waals surface area contributed by atoms with Crippen LogP contribution in [0.3, 0.4) is 0 Å². The molecule has 0 saturated carbocycles. The third kappa shape index (κ3) is 4.01. The molecule has 92 valence electrons. The molecular weight excluding hydrogens is 198 g/mol. The molecule has 0 spiro atoms. The number of hydrogen-bond donors (Lipinski definition) is 1. The van der Waals surface area contributed by atoms with Gasteiger partial charge in [-0.15, -0.1) is 0 Å². The monoisotopic (exact) mass is 223 g/mol. The van der Waals surface area contributed by atoms with E-state index in [1.807, 2.05) is 0 Å². The van der Waals surface area contributed by atoms with E-state index in [0.717, 1.165) is 31.0 Å². The predicted octanol–water partition coefficient (Wildman–Crippen LogP) is 3.61. The molecule has 1 aromatic rings. The van der Waals surface area contributed by atoms with Crippen LogP contribution < -0.4 is 5.32 Å². The molecule has 0 saturated heterocycles. The van der Waals surface area contributed by atoms with Gasteiger partial charge in [0, 0.05) is 6.42 Å². The molecule has 0 bridgehead atoms. The van der Waals surface area contributed by atoms with Gasteiger partial charge in [0.1, 0.15) is 11.5 Å². The summed E-state index contributed by atoms with van der Waals surface area (Å²) < 4.78 is 5.64. The Hall–Kier alpha value is -0.760. The normalized spacial score (nSPS) is 14.1. The van der Waals surface area contributed by atoms with Crippen LogP contribution in [0.4, 0.5) is 0 Å². The van der Waals surface area contributed by atoms with Crippen molar-refractivity contribution in [2.45, 2.75) is 47.6 Å². The summed E-state index contributed by atoms with van der Waals surface area (Å²) in [6.45, 7) is 13.1. The van der Waals surface area contributed by atoms with Crippen molar-refractivity contribution in [2.24, 2.45) is 11.3 Å². The van der Waals surface area contributed by atoms with Crippen molar-refractivity contribution < 1.29 is 4.42 Å². The van der Waals surface area contributed by atoms with Crippen LogP contribution in [0.1, 0.15) is 46.1 Å². The van der Waals surface area contributed by atoms with E-state index in [2.05, 4.69) is 52.1 Å². The standard InChI is InChI=1S/C14H25NO/c1-6-12-7-8-13(16-12)10-15-9-11(2)14(3,4)5/h7-8,11,15H,6,9-10H2,1-5H3. The minimum Gasteiger partial charge on any atom is -0.465 e. The van der Waals surface area contributed by atoms with Crippen LogP contribution in [0.15, 0.2) is 16.5 Å². The van der Waals surface area contributed by atoms with Gasteiger partial charge in [-0.2, -0.15) is 0 Å². The second kappa shape index (κ2) is 5.53. The molecule has 1 N–H and O–H groups in total. The summed E-state index contributed by atoms with van der Waals surface area (Å²) >= 11 is 0. The molecule has 0 fully saturated rings. The highest BCUT2D eigenvalue weighted by Crippen LogP contribution is 2.24. The van der Waals surface area contributed by atoms with E-state index in [9.17, 15) is 0 Å². The number of nitrogens with one attached hydrogen (secondary N) is 1. The Kier molecular flexibility index (Phi) is 4.60. The molecule has 16 heavy (non-hydrogen) atoms. The molecule has 1 unspecified atom stereocenters. The Morgan fingerprint density at radius 2 is 1.88 bits per heavy atom. The zero-order valence-corrected chi connectivity index (χ0v) is 11.3. The molecule has 0 aliphatic carbocycles. The van der Waals surface area contributed by atoms with Crippen molar-refractivity contribution >= 4 is 0 Å². The third-order valence-corrected chi connectivity index (χ3v) is 3.29. The molecule has 0 aliphatic rings. The fourth-order valence-electron chi connectivity index (χ4n) is 1.43. The lowest BCUT2D eigenvalue weighted by Crippen LogP contribution is -2.29. The number of hydrogen-bond acceptors (Lipinski definition) is 2. The van der Waals surface area contributed by atoms with Gasteiger partial charge in [0.05, 0.1) is 6.54 Å². The smallest absolute Gasteiger partial charge is 0.117 e. The molecule has 1 rings (SSSR count). The first-order valence-electron chi connectivity index (χ1n) is 6.21. The lowest BCUT2D eigenvalue weighted by molar-refractivity contribution is 0.250. The van der Waals surface area contributed by atoms with Gasteiger partial charge in [-0.05, 0) is 30.0 Å². The number of furan rings is 1. The van der Waals surface area contributed by atoms with Crippen LogP contribution in [-0.4, -0.2) is 6.54 Å². The molecular formula is C14H25NO. The minimum atomic E-state index is 0.366. The van der Waals surface area contributed by atoms with Crippen molar-refractivity contribution in [3.05, 3.63) is 23.7 Å². The second-order valence-electron chi connectivity index (χ2n) is 5.62. The third-order valence-electron chi connectivity index (χ3n) is 3.29. The zero-order chi connectivity index (χ0) is 12.2. The molecule has 1 atom stereocenters. The fourth-order valence-corrected chi connectivity index (χ4v) is 1.43. The quantitative estimate of drug-likeness (QED) is 0.825. The van der Waals surface area contributed by atoms with Gasteiger partial charge in [0.25, 0.3) is 0 Å². The van der Waals surface area contributed by atoms with E-state index in [-0.39, 0.29) is 0 Å². The summed E-state index contributed by atoms with van der Waals surface area (Å²) in [5.74, 6) is 2.77. The van der Waals surface area contributed by atoms with Crippen molar-refractivity contribution in [2.75, 3.05) is 6.54 Å². The van der Waals surface area contributed by atoms with Crippen molar-refractivity contribution in [3.63, 3.8) is 0 Å². The summed E-state index contributed by atoms with van der Waals surface area (Å²) in [5.41, 5.74) is 0.366. The Balaban J connectivity index is 2.30. The molecule has 0 aromatic carbocycles. The average molecular weight is 223 g/mol. The summed E-state index contributed by atoms with van der Waals surface area (Å²) in [4.78, 5) is 0. The van der Waals surface area contributed by atoms with Crippen LogP contribution in [0, 0.1) is 11.3 Å². The van der Waals surface area contributed by atoms with Gasteiger partial charge in [-0.1, -0.05) is 34.6 Å². The highest BCUT2D eigenvalue weighted by molar-refractivity contribution is 5.06. The average Bonchev–Trinajstić information content (AvgIpc) is 2.64. The first-order valence-corrected chi connectivity index (χ1v) is 6.21. The van der Waals surface area contributed by atoms with E-state index in [1.54, 1.807) is 0 Å². The van der Waals surface area contributed by atoms with E-state index in [0.29, 0.717) is 11.3 Å². The van der Waals surface area contributed by atoms with Gasteiger partial charge >= 0.3 is 0 Å². The van der Waals surface area contributed by atoms with Gasteiger partial charge in [-0.25, -0.2) is 0 Å². The zero-order valence-electron chi connectivity index (χ0n) is 11.3. The summed E-state index contributed by atoms with van der Waals surface area (Å²) in [5, 5.41) is 3.45. The first-order chi connectivity index (χ1) is 7.43. The lowest BCUT2D eigenvalue weighted by atomic mass is 9.82. The molecule has 2 heteroatoms. The summed E-state index contributed by atoms with van der Waals surface area (Å²) in [6.07, 6.45) is 0.971. The maximum Gasteiger partial charge on any atom is 0.117 e. The second-order valence-corrected chi connectivity index (χ2v) is 5.62. The highest BCUT2D eigenvalue weighted by atomic mass is 16.3. The molecule has 0 radical (unpaired) electrons. The predicted molar refractivity (Wildman–Crippen MR) is 68.4 cm³/mol. The van der Waals surface area contributed by atoms with Crippen molar-refractivity contribution in [1.29, 1.82) is 0 Å². The van der Waals surface area contributed by atoms with Crippen LogP contribution in [0.5, 0.6) is 0 Å². The van der Waals surface area contributed by atoms with Crippen LogP contribution in [0.2, 0.25) is 0 Å². The van der Waals surface area contributed by atoms with E-state index in [1.165, 1.54) is 0 Å². The summed E-state index contributed by atoms with van der Waals surface area (Å²) in [7, 11) is 0. The van der Waals surface area contributed by atoms with Gasteiger partial charge in [-0.3, -0.25) is 0 Å². The van der Waals surface area contributed by atoms with Gasteiger partial charge < -0.3 is 9.73 Å². The first kappa shape index (κ1) is 13.3. The van der Waals surface area contributed by atoms with Gasteiger partial charge in [0.2, 0.25) is 0 Å². The SMILES string of the molecule is CCc1ccc(CNCC(C)C(C)(C)C)o1. The highest BCUT2D eigenvalue weighted by Gasteiger charge is 2.19. The molecule has 2 nitrogen and oxygen atoms in total. The molecule has 0 amide bonds. The number of rotatable bonds is 5. The van der Waals surface area contributed by atoms with E-state index >= 15 is 0 Å². The van der Waals surface area contributed by atoms with Crippen LogP contribution in [-0.2, 0) is 13.0 Å². The lowest BCUT2D eigenvalue weighted by Gasteiger charge is -2.27. The van der Waals surface area contributed by atoms with Crippen LogP contribution >= 0.6 is 0 Å². The number of aryl methyl sites for hydroxylation is 1. The summed E-state index contributed by atoms with van der Waals surface area (Å²) in [6, 6.07) is 4.12. The molecule has 1 aromatic heterocycles. The van der Waals surface area contributed by atoms with Gasteiger partial charge in [0.15, 0.2) is 0 Å². The van der Waals surface area contributed by atoms with Crippen LogP contribution in [0.25, 0.3) is 0 Å². The topological polar surface area (TPSA) is 25.2 Å². The molecule has 1 heterocycles. The van der Waals surface area contributed by atoms with Crippen molar-refractivity contribution in [1.82, 2.24) is 5.32 Å². The maximum absolute atomic E-state index is 5.64. The molecule has 0 aliphatic heterocycles. The fraction of sp³-hybridized carbons (Fsp3) is 0.714. The Morgan fingerprint density at radius 3 is 2.38 bits per heavy atom.